The minimum atomic E-state index is -0.293. The lowest BCUT2D eigenvalue weighted by molar-refractivity contribution is 0.0951. The Hall–Kier alpha value is -2.88. The molecule has 3 aromatic rings. The first-order chi connectivity index (χ1) is 12.7. The molecule has 1 aromatic heterocycles. The van der Waals surface area contributed by atoms with Gasteiger partial charge in [0.2, 0.25) is 5.43 Å². The average molecular weight is 348 g/mol. The van der Waals surface area contributed by atoms with Gasteiger partial charge >= 0.3 is 0 Å². The number of nitrogens with one attached hydrogen (secondary N) is 1. The summed E-state index contributed by atoms with van der Waals surface area (Å²) in [5.74, 6) is -0.293. The molecule has 0 saturated carbocycles. The van der Waals surface area contributed by atoms with Crippen molar-refractivity contribution in [2.45, 2.75) is 32.7 Å². The van der Waals surface area contributed by atoms with Gasteiger partial charge in [-0.15, -0.1) is 0 Å². The zero-order chi connectivity index (χ0) is 18.4. The van der Waals surface area contributed by atoms with Gasteiger partial charge < -0.3 is 9.88 Å². The van der Waals surface area contributed by atoms with E-state index < -0.39 is 0 Å². The molecular formula is C22H24N2O2. The predicted octanol–water partition coefficient (Wildman–Crippen LogP) is 3.97. The maximum atomic E-state index is 12.8. The van der Waals surface area contributed by atoms with Gasteiger partial charge in [-0.05, 0) is 24.1 Å². The molecule has 26 heavy (non-hydrogen) atoms. The second kappa shape index (κ2) is 8.48. The SMILES string of the molecule is CCCCCNC(=O)c1cn(Cc2ccccc2)c2ccccc2c1=O. The van der Waals surface area contributed by atoms with Crippen LogP contribution in [-0.2, 0) is 6.54 Å². The lowest BCUT2D eigenvalue weighted by Gasteiger charge is -2.14. The Kier molecular flexibility index (Phi) is 5.84. The molecule has 1 heterocycles. The van der Waals surface area contributed by atoms with Crippen LogP contribution in [-0.4, -0.2) is 17.0 Å². The molecule has 0 radical (unpaired) electrons. The van der Waals surface area contributed by atoms with E-state index in [1.54, 1.807) is 12.3 Å². The van der Waals surface area contributed by atoms with Gasteiger partial charge in [0, 0.05) is 24.7 Å². The Morgan fingerprint density at radius 2 is 1.73 bits per heavy atom. The molecular weight excluding hydrogens is 324 g/mol. The van der Waals surface area contributed by atoms with Crippen LogP contribution in [0.1, 0.15) is 42.1 Å². The van der Waals surface area contributed by atoms with Crippen molar-refractivity contribution in [2.75, 3.05) is 6.54 Å². The van der Waals surface area contributed by atoms with Crippen LogP contribution in [0.15, 0.2) is 65.6 Å². The molecule has 0 spiro atoms. The molecule has 0 fully saturated rings. The Morgan fingerprint density at radius 1 is 1.00 bits per heavy atom. The number of aromatic nitrogens is 1. The molecule has 0 atom stereocenters. The highest BCUT2D eigenvalue weighted by Gasteiger charge is 2.15. The van der Waals surface area contributed by atoms with E-state index in [-0.39, 0.29) is 16.9 Å². The summed E-state index contributed by atoms with van der Waals surface area (Å²) >= 11 is 0. The van der Waals surface area contributed by atoms with Crippen molar-refractivity contribution in [2.24, 2.45) is 0 Å². The molecule has 0 aliphatic rings. The van der Waals surface area contributed by atoms with Crippen LogP contribution in [0, 0.1) is 0 Å². The van der Waals surface area contributed by atoms with Crippen molar-refractivity contribution in [3.63, 3.8) is 0 Å². The first-order valence-corrected chi connectivity index (χ1v) is 9.15. The summed E-state index contributed by atoms with van der Waals surface area (Å²) in [6, 6.07) is 17.5. The Morgan fingerprint density at radius 3 is 2.50 bits per heavy atom. The number of para-hydroxylation sites is 1. The van der Waals surface area contributed by atoms with Crippen LogP contribution < -0.4 is 10.7 Å². The van der Waals surface area contributed by atoms with E-state index in [4.69, 9.17) is 0 Å². The quantitative estimate of drug-likeness (QED) is 0.657. The fourth-order valence-electron chi connectivity index (χ4n) is 3.09. The van der Waals surface area contributed by atoms with Gasteiger partial charge in [0.15, 0.2) is 0 Å². The highest BCUT2D eigenvalue weighted by atomic mass is 16.2. The summed E-state index contributed by atoms with van der Waals surface area (Å²) in [6.07, 6.45) is 4.77. The van der Waals surface area contributed by atoms with Crippen LogP contribution in [0.5, 0.6) is 0 Å². The van der Waals surface area contributed by atoms with Crippen LogP contribution in [0.3, 0.4) is 0 Å². The van der Waals surface area contributed by atoms with Crippen molar-refractivity contribution in [1.29, 1.82) is 0 Å². The number of carbonyl (C=O) groups excluding carboxylic acids is 1. The van der Waals surface area contributed by atoms with Crippen molar-refractivity contribution in [3.8, 4) is 0 Å². The second-order valence-corrected chi connectivity index (χ2v) is 6.47. The lowest BCUT2D eigenvalue weighted by atomic mass is 10.1. The fraction of sp³-hybridized carbons (Fsp3) is 0.273. The molecule has 3 rings (SSSR count). The Bertz CT molecular complexity index is 945. The highest BCUT2D eigenvalue weighted by Crippen LogP contribution is 2.14. The smallest absolute Gasteiger partial charge is 0.256 e. The first-order valence-electron chi connectivity index (χ1n) is 9.15. The zero-order valence-corrected chi connectivity index (χ0v) is 15.1. The molecule has 2 aromatic carbocycles. The van der Waals surface area contributed by atoms with Crippen molar-refractivity contribution >= 4 is 16.8 Å². The number of nitrogens with zero attached hydrogens (tertiary/aromatic N) is 1. The van der Waals surface area contributed by atoms with E-state index in [0.29, 0.717) is 18.5 Å². The monoisotopic (exact) mass is 348 g/mol. The van der Waals surface area contributed by atoms with E-state index in [0.717, 1.165) is 30.3 Å². The van der Waals surface area contributed by atoms with Crippen LogP contribution in [0.25, 0.3) is 10.9 Å². The number of pyridine rings is 1. The van der Waals surface area contributed by atoms with Gasteiger partial charge in [0.1, 0.15) is 5.56 Å². The topological polar surface area (TPSA) is 51.1 Å². The zero-order valence-electron chi connectivity index (χ0n) is 15.1. The molecule has 1 amide bonds. The minimum absolute atomic E-state index is 0.205. The maximum Gasteiger partial charge on any atom is 0.256 e. The molecule has 1 N–H and O–H groups in total. The summed E-state index contributed by atoms with van der Waals surface area (Å²) < 4.78 is 1.98. The molecule has 4 heteroatoms. The summed E-state index contributed by atoms with van der Waals surface area (Å²) in [4.78, 5) is 25.3. The van der Waals surface area contributed by atoms with Crippen LogP contribution in [0.2, 0.25) is 0 Å². The summed E-state index contributed by atoms with van der Waals surface area (Å²) in [6.45, 7) is 3.32. The number of rotatable bonds is 7. The highest BCUT2D eigenvalue weighted by molar-refractivity contribution is 5.97. The van der Waals surface area contributed by atoms with Crippen molar-refractivity contribution < 1.29 is 4.79 Å². The molecule has 0 bridgehead atoms. The number of fused-ring (bicyclic) bond motifs is 1. The van der Waals surface area contributed by atoms with E-state index in [1.807, 2.05) is 53.1 Å². The largest absolute Gasteiger partial charge is 0.352 e. The molecule has 0 aliphatic heterocycles. The fourth-order valence-corrected chi connectivity index (χ4v) is 3.09. The summed E-state index contributed by atoms with van der Waals surface area (Å²) in [5.41, 5.74) is 1.95. The van der Waals surface area contributed by atoms with E-state index in [9.17, 15) is 9.59 Å². The number of carbonyl (C=O) groups is 1. The van der Waals surface area contributed by atoms with Gasteiger partial charge in [-0.25, -0.2) is 0 Å². The van der Waals surface area contributed by atoms with Gasteiger partial charge in [-0.3, -0.25) is 9.59 Å². The van der Waals surface area contributed by atoms with Crippen molar-refractivity contribution in [1.82, 2.24) is 9.88 Å². The second-order valence-electron chi connectivity index (χ2n) is 6.47. The van der Waals surface area contributed by atoms with Gasteiger partial charge in [0.05, 0.1) is 5.52 Å². The number of hydrogen-bond acceptors (Lipinski definition) is 2. The third-order valence-corrected chi connectivity index (χ3v) is 4.49. The first kappa shape index (κ1) is 17.9. The van der Waals surface area contributed by atoms with Crippen LogP contribution >= 0.6 is 0 Å². The van der Waals surface area contributed by atoms with E-state index >= 15 is 0 Å². The number of benzene rings is 2. The average Bonchev–Trinajstić information content (AvgIpc) is 2.68. The maximum absolute atomic E-state index is 12.8. The summed E-state index contributed by atoms with van der Waals surface area (Å²) in [5, 5.41) is 3.45. The number of amides is 1. The predicted molar refractivity (Wildman–Crippen MR) is 106 cm³/mol. The molecule has 134 valence electrons. The van der Waals surface area contributed by atoms with E-state index in [1.165, 1.54) is 0 Å². The molecule has 0 saturated heterocycles. The Balaban J connectivity index is 1.97. The normalized spacial score (nSPS) is 10.8. The molecule has 0 aliphatic carbocycles. The van der Waals surface area contributed by atoms with Gasteiger partial charge in [0.25, 0.3) is 5.91 Å². The summed E-state index contributed by atoms with van der Waals surface area (Å²) in [7, 11) is 0. The Labute approximate surface area is 153 Å². The molecule has 4 nitrogen and oxygen atoms in total. The third kappa shape index (κ3) is 4.02. The van der Waals surface area contributed by atoms with Gasteiger partial charge in [-0.1, -0.05) is 62.2 Å². The van der Waals surface area contributed by atoms with E-state index in [2.05, 4.69) is 12.2 Å². The lowest BCUT2D eigenvalue weighted by Crippen LogP contribution is -2.30. The standard InChI is InChI=1S/C22H24N2O2/c1-2-3-9-14-23-22(26)19-16-24(15-17-10-5-4-6-11-17)20-13-8-7-12-18(20)21(19)25/h4-8,10-13,16H,2-3,9,14-15H2,1H3,(H,23,26). The third-order valence-electron chi connectivity index (χ3n) is 4.49. The van der Waals surface area contributed by atoms with Gasteiger partial charge in [-0.2, -0.15) is 0 Å². The minimum Gasteiger partial charge on any atom is -0.352 e. The van der Waals surface area contributed by atoms with Crippen molar-refractivity contribution in [3.05, 3.63) is 82.1 Å². The molecule has 0 unspecified atom stereocenters. The number of hydrogen-bond donors (Lipinski definition) is 1. The van der Waals surface area contributed by atoms with Crippen LogP contribution in [0.4, 0.5) is 0 Å². The number of unbranched alkanes of at least 4 members (excludes halogenated alkanes) is 2.